The van der Waals surface area contributed by atoms with E-state index < -0.39 is 0 Å². The fourth-order valence-electron chi connectivity index (χ4n) is 2.79. The highest BCUT2D eigenvalue weighted by molar-refractivity contribution is 5.81. The number of nitrogens with zero attached hydrogens (tertiary/aromatic N) is 3. The van der Waals surface area contributed by atoms with E-state index in [0.717, 1.165) is 49.8 Å². The van der Waals surface area contributed by atoms with Gasteiger partial charge in [0.1, 0.15) is 5.82 Å². The predicted molar refractivity (Wildman–Crippen MR) is 106 cm³/mol. The Bertz CT molecular complexity index is 737. The maximum atomic E-state index is 11.6. The van der Waals surface area contributed by atoms with Crippen LogP contribution in [0.15, 0.2) is 29.3 Å². The molecule has 7 heteroatoms. The maximum absolute atomic E-state index is 11.6. The summed E-state index contributed by atoms with van der Waals surface area (Å²) in [6.07, 6.45) is 2.36. The Morgan fingerprint density at radius 1 is 1.15 bits per heavy atom. The molecule has 1 heterocycles. The molecule has 0 aliphatic carbocycles. The summed E-state index contributed by atoms with van der Waals surface area (Å²) < 4.78 is 2.24. The molecule has 142 valence electrons. The van der Waals surface area contributed by atoms with Gasteiger partial charge in [0.25, 0.3) is 0 Å². The number of guanidine groups is 1. The average Bonchev–Trinajstić information content (AvgIpc) is 2.97. The van der Waals surface area contributed by atoms with Crippen molar-refractivity contribution < 1.29 is 4.79 Å². The molecule has 0 bridgehead atoms. The number of benzene rings is 1. The fraction of sp³-hybridized carbons (Fsp3) is 0.526. The van der Waals surface area contributed by atoms with Gasteiger partial charge in [-0.05, 0) is 31.9 Å². The lowest BCUT2D eigenvalue weighted by Gasteiger charge is -2.12. The zero-order valence-corrected chi connectivity index (χ0v) is 16.0. The summed E-state index contributed by atoms with van der Waals surface area (Å²) in [5, 5.41) is 9.32. The standard InChI is InChI=1S/C19H30N6O/c1-4-11-21-18(26)10-13-23-19(20-3)22-12-7-14-25-15(2)24-16-8-5-6-9-17(16)25/h5-6,8-9H,4,7,10-14H2,1-3H3,(H,21,26)(H2,20,22,23). The number of hydrogen-bond donors (Lipinski definition) is 3. The molecule has 1 aromatic heterocycles. The molecular weight excluding hydrogens is 328 g/mol. The van der Waals surface area contributed by atoms with Crippen LogP contribution in [0.5, 0.6) is 0 Å². The second kappa shape index (κ2) is 10.4. The Kier molecular flexibility index (Phi) is 7.92. The van der Waals surface area contributed by atoms with Crippen LogP contribution in [0.2, 0.25) is 0 Å². The van der Waals surface area contributed by atoms with E-state index in [4.69, 9.17) is 0 Å². The van der Waals surface area contributed by atoms with Gasteiger partial charge in [-0.1, -0.05) is 19.1 Å². The number of imidazole rings is 1. The number of hydrogen-bond acceptors (Lipinski definition) is 3. The first-order chi connectivity index (χ1) is 12.7. The molecule has 2 aromatic rings. The number of nitrogens with one attached hydrogen (secondary N) is 3. The molecule has 26 heavy (non-hydrogen) atoms. The monoisotopic (exact) mass is 358 g/mol. The summed E-state index contributed by atoms with van der Waals surface area (Å²) in [7, 11) is 1.74. The van der Waals surface area contributed by atoms with Crippen molar-refractivity contribution in [2.24, 2.45) is 4.99 Å². The van der Waals surface area contributed by atoms with Crippen LogP contribution in [0.4, 0.5) is 0 Å². The molecule has 0 saturated carbocycles. The van der Waals surface area contributed by atoms with Gasteiger partial charge in [-0.15, -0.1) is 0 Å². The van der Waals surface area contributed by atoms with Gasteiger partial charge in [-0.3, -0.25) is 9.79 Å². The zero-order valence-electron chi connectivity index (χ0n) is 16.0. The van der Waals surface area contributed by atoms with Crippen LogP contribution in [0.3, 0.4) is 0 Å². The molecule has 0 atom stereocenters. The van der Waals surface area contributed by atoms with Crippen LogP contribution in [0.25, 0.3) is 11.0 Å². The molecule has 0 unspecified atom stereocenters. The highest BCUT2D eigenvalue weighted by atomic mass is 16.1. The highest BCUT2D eigenvalue weighted by Gasteiger charge is 2.06. The number of amides is 1. The molecule has 0 fully saturated rings. The Morgan fingerprint density at radius 3 is 2.69 bits per heavy atom. The van der Waals surface area contributed by atoms with E-state index in [1.807, 2.05) is 32.0 Å². The minimum Gasteiger partial charge on any atom is -0.356 e. The largest absolute Gasteiger partial charge is 0.356 e. The minimum atomic E-state index is 0.0669. The normalized spacial score (nSPS) is 11.6. The summed E-state index contributed by atoms with van der Waals surface area (Å²) in [5.74, 6) is 1.82. The van der Waals surface area contributed by atoms with E-state index in [1.54, 1.807) is 7.05 Å². The average molecular weight is 358 g/mol. The van der Waals surface area contributed by atoms with Crippen molar-refractivity contribution in [1.82, 2.24) is 25.5 Å². The maximum Gasteiger partial charge on any atom is 0.221 e. The van der Waals surface area contributed by atoms with Crippen molar-refractivity contribution >= 4 is 22.9 Å². The Morgan fingerprint density at radius 2 is 1.92 bits per heavy atom. The number of carbonyl (C=O) groups is 1. The van der Waals surface area contributed by atoms with Gasteiger partial charge < -0.3 is 20.5 Å². The SMILES string of the molecule is CCCNC(=O)CCNC(=NC)NCCCn1c(C)nc2ccccc21. The quantitative estimate of drug-likeness (QED) is 0.363. The Balaban J connectivity index is 1.70. The lowest BCUT2D eigenvalue weighted by Crippen LogP contribution is -2.40. The van der Waals surface area contributed by atoms with Crippen molar-refractivity contribution in [3.63, 3.8) is 0 Å². The summed E-state index contributed by atoms with van der Waals surface area (Å²) >= 11 is 0. The zero-order chi connectivity index (χ0) is 18.8. The molecule has 2 rings (SSSR count). The summed E-state index contributed by atoms with van der Waals surface area (Å²) in [6, 6.07) is 8.20. The van der Waals surface area contributed by atoms with Crippen molar-refractivity contribution in [2.75, 3.05) is 26.7 Å². The third-order valence-electron chi connectivity index (χ3n) is 4.14. The van der Waals surface area contributed by atoms with Gasteiger partial charge >= 0.3 is 0 Å². The van der Waals surface area contributed by atoms with E-state index >= 15 is 0 Å². The van der Waals surface area contributed by atoms with Crippen LogP contribution in [-0.2, 0) is 11.3 Å². The lowest BCUT2D eigenvalue weighted by molar-refractivity contribution is -0.120. The summed E-state index contributed by atoms with van der Waals surface area (Å²) in [6.45, 7) is 7.08. The van der Waals surface area contributed by atoms with Crippen LogP contribution < -0.4 is 16.0 Å². The number of fused-ring (bicyclic) bond motifs is 1. The van der Waals surface area contributed by atoms with Crippen molar-refractivity contribution in [3.8, 4) is 0 Å². The third kappa shape index (κ3) is 5.75. The first kappa shape index (κ1) is 19.8. The summed E-state index contributed by atoms with van der Waals surface area (Å²) in [5.41, 5.74) is 2.21. The molecule has 0 saturated heterocycles. The van der Waals surface area contributed by atoms with E-state index in [2.05, 4.69) is 36.6 Å². The number of rotatable bonds is 9. The van der Waals surface area contributed by atoms with E-state index in [9.17, 15) is 4.79 Å². The van der Waals surface area contributed by atoms with Gasteiger partial charge in [-0.2, -0.15) is 0 Å². The summed E-state index contributed by atoms with van der Waals surface area (Å²) in [4.78, 5) is 20.4. The van der Waals surface area contributed by atoms with Gasteiger partial charge in [0.2, 0.25) is 5.91 Å². The fourth-order valence-corrected chi connectivity index (χ4v) is 2.79. The van der Waals surface area contributed by atoms with Crippen LogP contribution in [0.1, 0.15) is 32.0 Å². The number of carbonyl (C=O) groups excluding carboxylic acids is 1. The molecule has 0 aliphatic rings. The Hall–Kier alpha value is -2.57. The molecule has 3 N–H and O–H groups in total. The van der Waals surface area contributed by atoms with E-state index in [-0.39, 0.29) is 5.91 Å². The topological polar surface area (TPSA) is 83.3 Å². The van der Waals surface area contributed by atoms with Gasteiger partial charge in [0, 0.05) is 39.6 Å². The van der Waals surface area contributed by atoms with Crippen LogP contribution in [0, 0.1) is 6.92 Å². The predicted octanol–water partition coefficient (Wildman–Crippen LogP) is 1.82. The number of aromatic nitrogens is 2. The van der Waals surface area contributed by atoms with Crippen LogP contribution >= 0.6 is 0 Å². The first-order valence-corrected chi connectivity index (χ1v) is 9.28. The molecule has 0 aliphatic heterocycles. The second-order valence-corrected chi connectivity index (χ2v) is 6.18. The van der Waals surface area contributed by atoms with E-state index in [1.165, 1.54) is 5.52 Å². The van der Waals surface area contributed by atoms with Gasteiger partial charge in [0.15, 0.2) is 5.96 Å². The lowest BCUT2D eigenvalue weighted by atomic mass is 10.3. The molecule has 0 spiro atoms. The number of aryl methyl sites for hydroxylation is 2. The van der Waals surface area contributed by atoms with Gasteiger partial charge in [0.05, 0.1) is 11.0 Å². The molecule has 7 nitrogen and oxygen atoms in total. The van der Waals surface area contributed by atoms with Crippen molar-refractivity contribution in [2.45, 2.75) is 39.7 Å². The van der Waals surface area contributed by atoms with Crippen LogP contribution in [-0.4, -0.2) is 48.1 Å². The third-order valence-corrected chi connectivity index (χ3v) is 4.14. The Labute approximate surface area is 155 Å². The van der Waals surface area contributed by atoms with E-state index in [0.29, 0.717) is 13.0 Å². The first-order valence-electron chi connectivity index (χ1n) is 9.28. The van der Waals surface area contributed by atoms with Crippen molar-refractivity contribution in [1.29, 1.82) is 0 Å². The van der Waals surface area contributed by atoms with Gasteiger partial charge in [-0.25, -0.2) is 4.98 Å². The highest BCUT2D eigenvalue weighted by Crippen LogP contribution is 2.15. The van der Waals surface area contributed by atoms with Crippen molar-refractivity contribution in [3.05, 3.63) is 30.1 Å². The number of aliphatic imine (C=N–C) groups is 1. The number of para-hydroxylation sites is 2. The molecule has 1 amide bonds. The molecular formula is C19H30N6O. The second-order valence-electron chi connectivity index (χ2n) is 6.18. The molecule has 1 aromatic carbocycles. The smallest absolute Gasteiger partial charge is 0.221 e. The molecule has 0 radical (unpaired) electrons. The minimum absolute atomic E-state index is 0.0669.